The van der Waals surface area contributed by atoms with Crippen LogP contribution in [0.4, 0.5) is 4.39 Å². The first-order valence-corrected chi connectivity index (χ1v) is 9.22. The highest BCUT2D eigenvalue weighted by Crippen LogP contribution is 2.33. The quantitative estimate of drug-likeness (QED) is 0.314. The normalized spacial score (nSPS) is 18.7. The first kappa shape index (κ1) is 19.8. The third kappa shape index (κ3) is 5.73. The van der Waals surface area contributed by atoms with Crippen molar-refractivity contribution in [2.75, 3.05) is 6.61 Å². The predicted molar refractivity (Wildman–Crippen MR) is 86.1 cm³/mol. The van der Waals surface area contributed by atoms with E-state index in [0.717, 1.165) is 25.7 Å². The minimum absolute atomic E-state index is 0.0810. The van der Waals surface area contributed by atoms with E-state index in [9.17, 15) is 17.6 Å². The van der Waals surface area contributed by atoms with Gasteiger partial charge in [-0.15, -0.1) is 0 Å². The Bertz CT molecular complexity index is 580. The monoisotopic (exact) mass is 348 g/mol. The minimum atomic E-state index is -5.13. The summed E-state index contributed by atoms with van der Waals surface area (Å²) in [6.07, 6.45) is 8.80. The lowest BCUT2D eigenvalue weighted by atomic mass is 9.83. The van der Waals surface area contributed by atoms with Crippen molar-refractivity contribution >= 4 is 16.1 Å². The van der Waals surface area contributed by atoms with Gasteiger partial charge in [0.05, 0.1) is 6.61 Å². The Morgan fingerprint density at radius 1 is 1.43 bits per heavy atom. The van der Waals surface area contributed by atoms with Crippen LogP contribution < -0.4 is 0 Å². The second kappa shape index (κ2) is 8.06. The molecule has 0 spiro atoms. The van der Waals surface area contributed by atoms with E-state index in [1.807, 2.05) is 6.92 Å². The number of halogens is 1. The number of alkyl halides is 1. The summed E-state index contributed by atoms with van der Waals surface area (Å²) in [5, 5.41) is -3.42. The van der Waals surface area contributed by atoms with Crippen LogP contribution in [0.25, 0.3) is 0 Å². The van der Waals surface area contributed by atoms with Crippen LogP contribution in [-0.2, 0) is 19.6 Å². The molecule has 0 aliphatic heterocycles. The van der Waals surface area contributed by atoms with Crippen molar-refractivity contribution in [3.05, 3.63) is 23.3 Å². The van der Waals surface area contributed by atoms with E-state index in [2.05, 4.69) is 23.8 Å². The zero-order valence-electron chi connectivity index (χ0n) is 13.8. The van der Waals surface area contributed by atoms with Crippen LogP contribution in [0.2, 0.25) is 0 Å². The zero-order chi connectivity index (χ0) is 17.7. The maximum Gasteiger partial charge on any atom is 0.362 e. The average Bonchev–Trinajstić information content (AvgIpc) is 2.39. The molecule has 7 heteroatoms. The van der Waals surface area contributed by atoms with Crippen molar-refractivity contribution in [1.82, 2.24) is 0 Å². The Morgan fingerprint density at radius 3 is 2.57 bits per heavy atom. The minimum Gasteiger partial charge on any atom is -0.462 e. The van der Waals surface area contributed by atoms with Gasteiger partial charge in [0.2, 0.25) is 0 Å². The Kier molecular flexibility index (Phi) is 6.95. The van der Waals surface area contributed by atoms with E-state index < -0.39 is 21.1 Å². The smallest absolute Gasteiger partial charge is 0.362 e. The Morgan fingerprint density at radius 2 is 2.04 bits per heavy atom. The maximum absolute atomic E-state index is 13.6. The van der Waals surface area contributed by atoms with Crippen LogP contribution in [0, 0.1) is 5.92 Å². The summed E-state index contributed by atoms with van der Waals surface area (Å²) >= 11 is 0. The van der Waals surface area contributed by atoms with E-state index in [-0.39, 0.29) is 6.61 Å². The molecule has 0 heterocycles. The average molecular weight is 348 g/mol. The molecule has 0 amide bonds. The fourth-order valence-electron chi connectivity index (χ4n) is 2.37. The van der Waals surface area contributed by atoms with Crippen molar-refractivity contribution in [1.29, 1.82) is 0 Å². The van der Waals surface area contributed by atoms with Gasteiger partial charge in [-0.25, -0.2) is 9.18 Å². The molecule has 23 heavy (non-hydrogen) atoms. The molecular weight excluding hydrogens is 323 g/mol. The van der Waals surface area contributed by atoms with E-state index in [4.69, 9.17) is 4.55 Å². The first-order valence-electron chi connectivity index (χ1n) is 7.78. The number of hydrogen-bond donors (Lipinski definition) is 1. The number of rotatable bonds is 8. The molecule has 0 radical (unpaired) electrons. The SMILES string of the molecule is CCC=C1CC(=CC(C)CCCOC(=O)C(C)(F)S(=O)(=O)O)C1. The summed E-state index contributed by atoms with van der Waals surface area (Å²) in [5.74, 6) is -1.27. The third-order valence-corrected chi connectivity index (χ3v) is 4.94. The number of allylic oxidation sites excluding steroid dienone is 4. The van der Waals surface area contributed by atoms with Crippen LogP contribution in [0.1, 0.15) is 52.9 Å². The highest BCUT2D eigenvalue weighted by atomic mass is 32.2. The van der Waals surface area contributed by atoms with Gasteiger partial charge in [0.1, 0.15) is 0 Å². The largest absolute Gasteiger partial charge is 0.462 e. The Labute approximate surface area is 137 Å². The van der Waals surface area contributed by atoms with Gasteiger partial charge in [0.15, 0.2) is 0 Å². The molecule has 1 aliphatic carbocycles. The van der Waals surface area contributed by atoms with Crippen LogP contribution >= 0.6 is 0 Å². The predicted octanol–water partition coefficient (Wildman–Crippen LogP) is 3.58. The lowest BCUT2D eigenvalue weighted by Gasteiger charge is -2.23. The summed E-state index contributed by atoms with van der Waals surface area (Å²) in [6, 6.07) is 0. The summed E-state index contributed by atoms with van der Waals surface area (Å²) in [5.41, 5.74) is 2.87. The molecule has 0 aromatic carbocycles. The highest BCUT2D eigenvalue weighted by molar-refractivity contribution is 7.87. The number of ether oxygens (including phenoxy) is 1. The fourth-order valence-corrected chi connectivity index (χ4v) is 2.64. The fraction of sp³-hybridized carbons (Fsp3) is 0.688. The lowest BCUT2D eigenvalue weighted by molar-refractivity contribution is -0.151. The topological polar surface area (TPSA) is 80.7 Å². The molecule has 0 aromatic rings. The molecule has 2 unspecified atom stereocenters. The standard InChI is InChI=1S/C16H25FO5S/c1-4-6-13-10-14(11-13)9-12(2)7-5-8-22-15(18)16(3,17)23(19,20)21/h6,9,12H,4-5,7-8,10-11H2,1-3H3,(H,19,20,21). The highest BCUT2D eigenvalue weighted by Gasteiger charge is 2.48. The molecule has 1 rings (SSSR count). The Balaban J connectivity index is 2.29. The second-order valence-corrected chi connectivity index (χ2v) is 7.81. The molecule has 0 bridgehead atoms. The third-order valence-electron chi connectivity index (χ3n) is 3.81. The van der Waals surface area contributed by atoms with E-state index in [1.165, 1.54) is 11.1 Å². The van der Waals surface area contributed by atoms with E-state index in [1.54, 1.807) is 0 Å². The van der Waals surface area contributed by atoms with Crippen LogP contribution in [0.5, 0.6) is 0 Å². The van der Waals surface area contributed by atoms with E-state index >= 15 is 0 Å². The summed E-state index contributed by atoms with van der Waals surface area (Å²) < 4.78 is 48.3. The zero-order valence-corrected chi connectivity index (χ0v) is 14.7. The van der Waals surface area contributed by atoms with Gasteiger partial charge in [-0.3, -0.25) is 4.55 Å². The lowest BCUT2D eigenvalue weighted by Crippen LogP contribution is -2.40. The molecule has 1 aliphatic rings. The summed E-state index contributed by atoms with van der Waals surface area (Å²) in [4.78, 5) is 11.3. The van der Waals surface area contributed by atoms with Crippen molar-refractivity contribution in [2.45, 2.75) is 57.9 Å². The number of esters is 1. The van der Waals surface area contributed by atoms with Crippen molar-refractivity contribution in [3.63, 3.8) is 0 Å². The molecule has 1 saturated carbocycles. The molecule has 1 N–H and O–H groups in total. The second-order valence-electron chi connectivity index (χ2n) is 6.10. The van der Waals surface area contributed by atoms with Crippen LogP contribution in [0.15, 0.2) is 23.3 Å². The van der Waals surface area contributed by atoms with Gasteiger partial charge in [-0.2, -0.15) is 8.42 Å². The van der Waals surface area contributed by atoms with Crippen molar-refractivity contribution in [3.8, 4) is 0 Å². The number of carbonyl (C=O) groups excluding carboxylic acids is 1. The first-order chi connectivity index (χ1) is 10.6. The molecule has 2 atom stereocenters. The van der Waals surface area contributed by atoms with Gasteiger partial charge >= 0.3 is 21.1 Å². The van der Waals surface area contributed by atoms with E-state index in [0.29, 0.717) is 19.3 Å². The van der Waals surface area contributed by atoms with Crippen LogP contribution in [0.3, 0.4) is 0 Å². The Hall–Kier alpha value is -1.21. The van der Waals surface area contributed by atoms with Gasteiger partial charge in [-0.1, -0.05) is 37.1 Å². The number of carbonyl (C=O) groups is 1. The van der Waals surface area contributed by atoms with Crippen molar-refractivity contribution < 1.29 is 26.9 Å². The van der Waals surface area contributed by atoms with Gasteiger partial charge < -0.3 is 4.74 Å². The molecule has 0 aromatic heterocycles. The van der Waals surface area contributed by atoms with Gasteiger partial charge in [0.25, 0.3) is 0 Å². The summed E-state index contributed by atoms with van der Waals surface area (Å²) in [6.45, 7) is 4.55. The van der Waals surface area contributed by atoms with Gasteiger partial charge in [-0.05, 0) is 44.9 Å². The van der Waals surface area contributed by atoms with Gasteiger partial charge in [0, 0.05) is 0 Å². The van der Waals surface area contributed by atoms with Crippen molar-refractivity contribution in [2.24, 2.45) is 5.92 Å². The molecule has 132 valence electrons. The molecule has 5 nitrogen and oxygen atoms in total. The molecule has 1 fully saturated rings. The number of hydrogen-bond acceptors (Lipinski definition) is 4. The molecule has 0 saturated heterocycles. The maximum atomic E-state index is 13.6. The summed E-state index contributed by atoms with van der Waals surface area (Å²) in [7, 11) is -5.13. The molecular formula is C16H25FO5S. The van der Waals surface area contributed by atoms with Crippen LogP contribution in [-0.4, -0.2) is 30.5 Å².